The molecule has 4 rings (SSSR count). The third-order valence-corrected chi connectivity index (χ3v) is 7.67. The van der Waals surface area contributed by atoms with E-state index in [1.54, 1.807) is 19.2 Å². The summed E-state index contributed by atoms with van der Waals surface area (Å²) in [7, 11) is -3.59. The van der Waals surface area contributed by atoms with Gasteiger partial charge in [0, 0.05) is 16.9 Å². The molecule has 0 aliphatic heterocycles. The van der Waals surface area contributed by atoms with Crippen molar-refractivity contribution in [2.24, 2.45) is 0 Å². The van der Waals surface area contributed by atoms with Crippen LogP contribution in [0.25, 0.3) is 16.0 Å². The van der Waals surface area contributed by atoms with Gasteiger partial charge in [-0.25, -0.2) is 18.4 Å². The summed E-state index contributed by atoms with van der Waals surface area (Å²) in [6.07, 6.45) is -0.363. The van der Waals surface area contributed by atoms with E-state index in [1.807, 2.05) is 0 Å². The molecule has 10 nitrogen and oxygen atoms in total. The van der Waals surface area contributed by atoms with E-state index in [0.29, 0.717) is 30.3 Å². The van der Waals surface area contributed by atoms with E-state index in [4.69, 9.17) is 0 Å². The number of quaternary nitrogens is 1. The predicted molar refractivity (Wildman–Crippen MR) is 125 cm³/mol. The number of hydrogen-bond acceptors (Lipinski definition) is 8. The van der Waals surface area contributed by atoms with Crippen LogP contribution in [0.5, 0.6) is 0 Å². The monoisotopic (exact) mass is 529 g/mol. The molecule has 3 aromatic heterocycles. The Labute approximate surface area is 203 Å². The molecule has 0 unspecified atom stereocenters. The molecule has 1 saturated carbocycles. The molecule has 5 N–H and O–H groups in total. The predicted octanol–water partition coefficient (Wildman–Crippen LogP) is 4.80. The Bertz CT molecular complexity index is 1320. The lowest BCUT2D eigenvalue weighted by molar-refractivity contribution is -0.141. The zero-order valence-electron chi connectivity index (χ0n) is 18.9. The van der Waals surface area contributed by atoms with Crippen molar-refractivity contribution >= 4 is 38.2 Å². The number of aromatic nitrogens is 4. The summed E-state index contributed by atoms with van der Waals surface area (Å²) in [6.45, 7) is 3.23. The lowest BCUT2D eigenvalue weighted by Gasteiger charge is -2.24. The molecule has 3 aromatic rings. The molecule has 1 aliphatic rings. The van der Waals surface area contributed by atoms with Crippen LogP contribution in [0.2, 0.25) is 0 Å². The van der Waals surface area contributed by atoms with Crippen LogP contribution < -0.4 is 11.5 Å². The van der Waals surface area contributed by atoms with Crippen molar-refractivity contribution in [1.29, 1.82) is 0 Å². The van der Waals surface area contributed by atoms with Crippen LogP contribution in [0.15, 0.2) is 36.1 Å². The summed E-state index contributed by atoms with van der Waals surface area (Å²) in [5.41, 5.74) is -1.64. The average molecular weight is 530 g/mol. The first-order valence-electron chi connectivity index (χ1n) is 9.96. The van der Waals surface area contributed by atoms with Gasteiger partial charge in [-0.15, -0.1) is 0 Å². The summed E-state index contributed by atoms with van der Waals surface area (Å²) in [5.74, 6) is -0.299. The number of alkyl halides is 3. The van der Waals surface area contributed by atoms with Gasteiger partial charge in [-0.2, -0.15) is 24.5 Å². The molecule has 1 amide bonds. The fourth-order valence-electron chi connectivity index (χ4n) is 2.79. The number of pyridine rings is 1. The van der Waals surface area contributed by atoms with E-state index in [1.165, 1.54) is 24.5 Å². The van der Waals surface area contributed by atoms with Crippen molar-refractivity contribution in [2.75, 3.05) is 5.32 Å². The van der Waals surface area contributed by atoms with E-state index in [2.05, 4.69) is 30.0 Å². The Morgan fingerprint density at radius 2 is 1.83 bits per heavy atom. The molecule has 0 bridgehead atoms. The number of rotatable bonds is 7. The summed E-state index contributed by atoms with van der Waals surface area (Å²) < 4.78 is 66.4. The van der Waals surface area contributed by atoms with Gasteiger partial charge >= 0.3 is 6.18 Å². The quantitative estimate of drug-likeness (QED) is 0.443. The number of nitrogens with one attached hydrogen (secondary N) is 1. The van der Waals surface area contributed by atoms with Crippen LogP contribution >= 0.6 is 11.3 Å². The molecular formula is C20H22F3N7O3S2. The molecule has 0 aromatic carbocycles. The lowest BCUT2D eigenvalue weighted by atomic mass is 9.89. The molecule has 1 fully saturated rings. The van der Waals surface area contributed by atoms with Crippen LogP contribution in [0.1, 0.15) is 38.1 Å². The average Bonchev–Trinajstić information content (AvgIpc) is 3.54. The van der Waals surface area contributed by atoms with E-state index < -0.39 is 38.5 Å². The highest BCUT2D eigenvalue weighted by Gasteiger charge is 2.34. The van der Waals surface area contributed by atoms with Gasteiger partial charge in [-0.1, -0.05) is 0 Å². The number of sulfonamides is 1. The van der Waals surface area contributed by atoms with Gasteiger partial charge in [-0.3, -0.25) is 9.78 Å². The van der Waals surface area contributed by atoms with Crippen LogP contribution in [-0.2, 0) is 26.4 Å². The van der Waals surface area contributed by atoms with E-state index >= 15 is 0 Å². The fraction of sp³-hybridized carbons (Fsp3) is 0.350. The molecule has 0 spiro atoms. The van der Waals surface area contributed by atoms with E-state index in [9.17, 15) is 26.4 Å². The number of carbonyl (C=O) groups excluding carboxylic acids is 1. The van der Waals surface area contributed by atoms with Gasteiger partial charge in [0.1, 0.15) is 5.82 Å². The van der Waals surface area contributed by atoms with Crippen LogP contribution in [0.3, 0.4) is 0 Å². The summed E-state index contributed by atoms with van der Waals surface area (Å²) in [5, 5.41) is 3.81. The summed E-state index contributed by atoms with van der Waals surface area (Å²) >= 11 is 1.03. The normalized spacial score (nSPS) is 14.2. The standard InChI is InChI=1S/C20H19F3N6O3S2.H3N/c1-19(2,15-10-33-18(27-15)29-34(31,32)12-4-5-12)17(30)28-16-6-3-11(7-25-16)13-8-24-9-14(26-13)20(21,22)23;/h3,6-10,12H,4-5H2,1-2H3,(H2,25,26,27,28,29,30);1H3. The molecule has 35 heavy (non-hydrogen) atoms. The lowest BCUT2D eigenvalue weighted by Crippen LogP contribution is -2.35. The Kier molecular flexibility index (Phi) is 7.15. The third-order valence-electron chi connectivity index (χ3n) is 5.08. The van der Waals surface area contributed by atoms with Crippen LogP contribution in [0, 0.1) is 0 Å². The smallest absolute Gasteiger partial charge is 0.429 e. The minimum atomic E-state index is -4.62. The number of halogens is 3. The van der Waals surface area contributed by atoms with E-state index in [0.717, 1.165) is 11.3 Å². The SMILES string of the molecule is CC(C)(C(=O)Nc1ccc(-c2cncc(C(F)(F)F)n2)cn1)c1csc([N-]S(=O)(=O)C2CC2)n1.[NH4+]. The molecule has 3 heterocycles. The van der Waals surface area contributed by atoms with Gasteiger partial charge in [-0.05, 0) is 49.9 Å². The zero-order valence-corrected chi connectivity index (χ0v) is 20.5. The molecule has 1 aliphatic carbocycles. The largest absolute Gasteiger partial charge is 0.434 e. The van der Waals surface area contributed by atoms with Gasteiger partial charge in [0.15, 0.2) is 15.7 Å². The first kappa shape index (κ1) is 26.4. The molecule has 0 saturated heterocycles. The maximum Gasteiger partial charge on any atom is 0.434 e. The van der Waals surface area contributed by atoms with Gasteiger partial charge in [0.2, 0.25) is 5.91 Å². The number of thiazole rings is 1. The minimum absolute atomic E-state index is 0. The molecular weight excluding hydrogens is 507 g/mol. The number of nitrogens with zero attached hydrogens (tertiary/aromatic N) is 5. The van der Waals surface area contributed by atoms with E-state index in [-0.39, 0.29) is 22.8 Å². The van der Waals surface area contributed by atoms with Gasteiger partial charge in [0.25, 0.3) is 0 Å². The number of carbonyl (C=O) groups is 1. The van der Waals surface area contributed by atoms with Crippen molar-refractivity contribution in [1.82, 2.24) is 26.1 Å². The van der Waals surface area contributed by atoms with Crippen molar-refractivity contribution in [3.8, 4) is 11.3 Å². The number of amides is 1. The highest BCUT2D eigenvalue weighted by Crippen LogP contribution is 2.39. The molecule has 15 heteroatoms. The summed E-state index contributed by atoms with van der Waals surface area (Å²) in [6, 6.07) is 2.89. The van der Waals surface area contributed by atoms with Crippen LogP contribution in [0.4, 0.5) is 24.1 Å². The Morgan fingerprint density at radius 1 is 1.11 bits per heavy atom. The number of anilines is 1. The van der Waals surface area contributed by atoms with Crippen molar-refractivity contribution < 1.29 is 26.4 Å². The Hall–Kier alpha value is -3.17. The second kappa shape index (κ2) is 9.47. The molecule has 0 atom stereocenters. The Morgan fingerprint density at radius 3 is 2.43 bits per heavy atom. The first-order chi connectivity index (χ1) is 15.9. The van der Waals surface area contributed by atoms with Crippen molar-refractivity contribution in [2.45, 2.75) is 43.5 Å². The third kappa shape index (κ3) is 5.91. The first-order valence-corrected chi connectivity index (χ1v) is 12.3. The summed E-state index contributed by atoms with van der Waals surface area (Å²) in [4.78, 5) is 28.3. The fourth-order valence-corrected chi connectivity index (χ4v) is 5.13. The van der Waals surface area contributed by atoms with Crippen LogP contribution in [-0.4, -0.2) is 39.5 Å². The highest BCUT2D eigenvalue weighted by atomic mass is 32.2. The maximum absolute atomic E-state index is 12.9. The minimum Gasteiger partial charge on any atom is -0.429 e. The Balaban J connectivity index is 0.00000342. The highest BCUT2D eigenvalue weighted by molar-refractivity contribution is 7.95. The zero-order chi connectivity index (χ0) is 24.7. The van der Waals surface area contributed by atoms with Crippen molar-refractivity contribution in [3.63, 3.8) is 0 Å². The molecule has 0 radical (unpaired) electrons. The molecule has 188 valence electrons. The van der Waals surface area contributed by atoms with Gasteiger partial charge in [0.05, 0.1) is 28.8 Å². The second-order valence-corrected chi connectivity index (χ2v) is 10.8. The second-order valence-electron chi connectivity index (χ2n) is 8.12. The van der Waals surface area contributed by atoms with Gasteiger partial charge < -0.3 is 21.2 Å². The van der Waals surface area contributed by atoms with Crippen molar-refractivity contribution in [3.05, 3.63) is 52.2 Å². The number of hydrogen-bond donors (Lipinski definition) is 2. The topological polar surface area (TPSA) is 165 Å². The maximum atomic E-state index is 12.9.